The molecule has 196 valence electrons. The molecule has 0 fully saturated rings. The fraction of sp³-hybridized carbons (Fsp3) is 0.133. The standard InChI is InChI=1S/C30H25N9O/c1-17-12-34-30(35-26-11-18(2)38(3)37-26)36-27(17)22-15-33-28-20(22)5-4-6-25(28)39-16-24-21(19-7-9-31-10-8-19)13-32-14-23(24)29(39)40/h4-15,33H,16H2,1-3H3,(H,34,35,36,37). The van der Waals surface area contributed by atoms with Crippen molar-refractivity contribution >= 4 is 34.3 Å². The zero-order chi connectivity index (χ0) is 27.4. The van der Waals surface area contributed by atoms with Crippen molar-refractivity contribution in [1.82, 2.24) is 34.7 Å². The third-order valence-corrected chi connectivity index (χ3v) is 7.41. The lowest BCUT2D eigenvalue weighted by molar-refractivity contribution is 0.0996. The van der Waals surface area contributed by atoms with Gasteiger partial charge in [-0.1, -0.05) is 12.1 Å². The Hall–Kier alpha value is -5.38. The van der Waals surface area contributed by atoms with Crippen molar-refractivity contribution in [2.24, 2.45) is 7.05 Å². The highest BCUT2D eigenvalue weighted by Gasteiger charge is 2.32. The number of carbonyl (C=O) groups is 1. The van der Waals surface area contributed by atoms with Crippen molar-refractivity contribution in [1.29, 1.82) is 0 Å². The van der Waals surface area contributed by atoms with Gasteiger partial charge in [0.2, 0.25) is 5.95 Å². The van der Waals surface area contributed by atoms with Gasteiger partial charge in [-0.15, -0.1) is 0 Å². The van der Waals surface area contributed by atoms with Crippen molar-refractivity contribution in [3.63, 3.8) is 0 Å². The zero-order valence-electron chi connectivity index (χ0n) is 22.2. The molecule has 1 aromatic carbocycles. The number of amides is 1. The molecule has 0 bridgehead atoms. The number of benzene rings is 1. The first-order valence-electron chi connectivity index (χ1n) is 12.9. The molecule has 0 saturated carbocycles. The summed E-state index contributed by atoms with van der Waals surface area (Å²) in [6, 6.07) is 11.8. The number of anilines is 3. The number of aromatic amines is 1. The smallest absolute Gasteiger partial charge is 0.260 e. The maximum atomic E-state index is 13.6. The number of nitrogens with zero attached hydrogens (tertiary/aromatic N) is 7. The van der Waals surface area contributed by atoms with Crippen molar-refractivity contribution in [3.05, 3.63) is 96.0 Å². The van der Waals surface area contributed by atoms with Crippen LogP contribution in [0.25, 0.3) is 33.3 Å². The summed E-state index contributed by atoms with van der Waals surface area (Å²) >= 11 is 0. The van der Waals surface area contributed by atoms with Crippen LogP contribution in [0.15, 0.2) is 73.6 Å². The summed E-state index contributed by atoms with van der Waals surface area (Å²) in [4.78, 5) is 36.6. The number of rotatable bonds is 5. The summed E-state index contributed by atoms with van der Waals surface area (Å²) in [5.74, 6) is 1.08. The summed E-state index contributed by atoms with van der Waals surface area (Å²) in [6.45, 7) is 4.43. The Balaban J connectivity index is 1.26. The van der Waals surface area contributed by atoms with Gasteiger partial charge in [-0.2, -0.15) is 5.10 Å². The lowest BCUT2D eigenvalue weighted by atomic mass is 10.0. The number of nitrogens with one attached hydrogen (secondary N) is 2. The van der Waals surface area contributed by atoms with Crippen LogP contribution in [-0.4, -0.2) is 40.6 Å². The summed E-state index contributed by atoms with van der Waals surface area (Å²) in [5, 5.41) is 8.62. The van der Waals surface area contributed by atoms with Crippen LogP contribution < -0.4 is 10.2 Å². The average Bonchev–Trinajstić information content (AvgIpc) is 3.65. The number of aromatic nitrogens is 7. The summed E-state index contributed by atoms with van der Waals surface area (Å²) in [5.41, 5.74) is 8.87. The van der Waals surface area contributed by atoms with E-state index in [1.165, 1.54) is 0 Å². The maximum absolute atomic E-state index is 13.6. The highest BCUT2D eigenvalue weighted by Crippen LogP contribution is 2.39. The predicted octanol–water partition coefficient (Wildman–Crippen LogP) is 5.34. The van der Waals surface area contributed by atoms with Crippen LogP contribution in [0.1, 0.15) is 27.2 Å². The minimum absolute atomic E-state index is 0.0718. The molecule has 0 atom stereocenters. The quantitative estimate of drug-likeness (QED) is 0.311. The van der Waals surface area contributed by atoms with Crippen molar-refractivity contribution in [3.8, 4) is 22.4 Å². The molecule has 6 heterocycles. The van der Waals surface area contributed by atoms with E-state index in [4.69, 9.17) is 4.98 Å². The van der Waals surface area contributed by atoms with Gasteiger partial charge in [0.25, 0.3) is 5.91 Å². The minimum Gasteiger partial charge on any atom is -0.359 e. The molecule has 0 aliphatic carbocycles. The van der Waals surface area contributed by atoms with Crippen LogP contribution in [0.2, 0.25) is 0 Å². The summed E-state index contributed by atoms with van der Waals surface area (Å²) < 4.78 is 1.80. The van der Waals surface area contributed by atoms with Gasteiger partial charge in [-0.25, -0.2) is 9.97 Å². The molecule has 1 amide bonds. The average molecular weight is 528 g/mol. The van der Waals surface area contributed by atoms with E-state index in [0.717, 1.165) is 55.8 Å². The molecule has 0 spiro atoms. The number of aryl methyl sites for hydroxylation is 3. The van der Waals surface area contributed by atoms with Crippen molar-refractivity contribution in [2.45, 2.75) is 20.4 Å². The maximum Gasteiger partial charge on any atom is 0.260 e. The second-order valence-corrected chi connectivity index (χ2v) is 9.89. The van der Waals surface area contributed by atoms with Crippen LogP contribution in [0.3, 0.4) is 0 Å². The van der Waals surface area contributed by atoms with E-state index in [-0.39, 0.29) is 5.91 Å². The minimum atomic E-state index is -0.0718. The fourth-order valence-electron chi connectivity index (χ4n) is 5.26. The number of carbonyl (C=O) groups excluding carboxylic acids is 1. The molecular formula is C30H25N9O. The molecule has 1 aliphatic heterocycles. The highest BCUT2D eigenvalue weighted by atomic mass is 16.2. The van der Waals surface area contributed by atoms with Gasteiger partial charge in [-0.3, -0.25) is 19.4 Å². The summed E-state index contributed by atoms with van der Waals surface area (Å²) in [7, 11) is 1.89. The molecule has 0 radical (unpaired) electrons. The Kier molecular flexibility index (Phi) is 5.41. The van der Waals surface area contributed by atoms with Crippen LogP contribution >= 0.6 is 0 Å². The topological polar surface area (TPSA) is 118 Å². The van der Waals surface area contributed by atoms with Gasteiger partial charge in [0, 0.05) is 72.5 Å². The zero-order valence-corrected chi connectivity index (χ0v) is 22.2. The molecule has 10 heteroatoms. The van der Waals surface area contributed by atoms with E-state index < -0.39 is 0 Å². The van der Waals surface area contributed by atoms with Crippen LogP contribution in [-0.2, 0) is 13.6 Å². The van der Waals surface area contributed by atoms with E-state index in [0.29, 0.717) is 23.9 Å². The fourth-order valence-corrected chi connectivity index (χ4v) is 5.26. The molecule has 0 saturated heterocycles. The Morgan fingerprint density at radius 3 is 2.60 bits per heavy atom. The number of H-pyrrole nitrogens is 1. The van der Waals surface area contributed by atoms with Crippen LogP contribution in [0, 0.1) is 13.8 Å². The lowest BCUT2D eigenvalue weighted by Crippen LogP contribution is -2.23. The Morgan fingerprint density at radius 1 is 0.975 bits per heavy atom. The van der Waals surface area contributed by atoms with Crippen LogP contribution in [0.5, 0.6) is 0 Å². The van der Waals surface area contributed by atoms with E-state index in [1.54, 1.807) is 29.5 Å². The molecule has 6 aromatic rings. The molecule has 10 nitrogen and oxygen atoms in total. The van der Waals surface area contributed by atoms with E-state index >= 15 is 0 Å². The van der Waals surface area contributed by atoms with E-state index in [2.05, 4.69) is 30.4 Å². The van der Waals surface area contributed by atoms with Gasteiger partial charge in [0.1, 0.15) is 0 Å². The van der Waals surface area contributed by atoms with Crippen molar-refractivity contribution in [2.75, 3.05) is 10.2 Å². The molecule has 40 heavy (non-hydrogen) atoms. The van der Waals surface area contributed by atoms with Gasteiger partial charge < -0.3 is 15.2 Å². The third-order valence-electron chi connectivity index (χ3n) is 7.41. The van der Waals surface area contributed by atoms with Gasteiger partial charge >= 0.3 is 0 Å². The predicted molar refractivity (Wildman–Crippen MR) is 153 cm³/mol. The highest BCUT2D eigenvalue weighted by molar-refractivity contribution is 6.15. The first kappa shape index (κ1) is 23.7. The largest absolute Gasteiger partial charge is 0.359 e. The first-order valence-corrected chi connectivity index (χ1v) is 12.9. The number of hydrogen-bond donors (Lipinski definition) is 2. The Bertz CT molecular complexity index is 1900. The van der Waals surface area contributed by atoms with Crippen molar-refractivity contribution < 1.29 is 4.79 Å². The van der Waals surface area contributed by atoms with Crippen LogP contribution in [0.4, 0.5) is 17.5 Å². The number of fused-ring (bicyclic) bond motifs is 2. The monoisotopic (exact) mass is 527 g/mol. The number of pyridine rings is 2. The molecule has 0 unspecified atom stereocenters. The SMILES string of the molecule is Cc1cnc(Nc2cc(C)n(C)n2)nc1-c1c[nH]c2c(N3Cc4c(cncc4-c4ccncc4)C3=O)cccc12. The molecule has 2 N–H and O–H groups in total. The van der Waals surface area contributed by atoms with Gasteiger partial charge in [-0.05, 0) is 48.7 Å². The molecule has 7 rings (SSSR count). The number of para-hydroxylation sites is 1. The molecular weight excluding hydrogens is 502 g/mol. The Morgan fingerprint density at radius 2 is 1.80 bits per heavy atom. The van der Waals surface area contributed by atoms with Gasteiger partial charge in [0.05, 0.1) is 29.0 Å². The second kappa shape index (κ2) is 9.12. The Labute approximate surface area is 229 Å². The lowest BCUT2D eigenvalue weighted by Gasteiger charge is -2.17. The van der Waals surface area contributed by atoms with E-state index in [9.17, 15) is 4.79 Å². The van der Waals surface area contributed by atoms with E-state index in [1.807, 2.05) is 74.6 Å². The molecule has 5 aromatic heterocycles. The second-order valence-electron chi connectivity index (χ2n) is 9.89. The molecule has 1 aliphatic rings. The third kappa shape index (κ3) is 3.80. The normalized spacial score (nSPS) is 12.8. The first-order chi connectivity index (χ1) is 19.5. The summed E-state index contributed by atoms with van der Waals surface area (Å²) in [6.07, 6.45) is 10.7. The number of hydrogen-bond acceptors (Lipinski definition) is 7. The van der Waals surface area contributed by atoms with Gasteiger partial charge in [0.15, 0.2) is 5.82 Å².